The summed E-state index contributed by atoms with van der Waals surface area (Å²) in [5.41, 5.74) is 6.51. The third-order valence-corrected chi connectivity index (χ3v) is 1.38. The zero-order valence-electron chi connectivity index (χ0n) is 5.29. The van der Waals surface area contributed by atoms with E-state index in [1.165, 1.54) is 0 Å². The molecule has 58 valence electrons. The molecule has 0 aliphatic carbocycles. The molecule has 0 aromatic rings. The van der Waals surface area contributed by atoms with E-state index in [9.17, 15) is 8.42 Å². The number of hydrogen-bond donors (Lipinski definition) is 2. The lowest BCUT2D eigenvalue weighted by molar-refractivity contribution is 0.482. The molecule has 0 aromatic carbocycles. The van der Waals surface area contributed by atoms with Gasteiger partial charge in [-0.3, -0.25) is 4.55 Å². The van der Waals surface area contributed by atoms with E-state index in [-0.39, 0.29) is 24.9 Å². The predicted molar refractivity (Wildman–Crippen MR) is 36.2 cm³/mol. The van der Waals surface area contributed by atoms with Crippen LogP contribution in [0.4, 0.5) is 0 Å². The van der Waals surface area contributed by atoms with Crippen molar-refractivity contribution >= 4 is 10.1 Å². The number of rotatable bonds is 3. The minimum atomic E-state index is -3.81. The molecule has 0 aliphatic rings. The normalized spacial score (nSPS) is 10.4. The van der Waals surface area contributed by atoms with E-state index in [1.54, 1.807) is 0 Å². The highest BCUT2D eigenvalue weighted by molar-refractivity contribution is 7.85. The van der Waals surface area contributed by atoms with Gasteiger partial charge in [0.25, 0.3) is 10.1 Å². The first kappa shape index (κ1) is 11.6. The maximum absolute atomic E-state index is 9.86. The first-order valence-electron chi connectivity index (χ1n) is 2.16. The van der Waals surface area contributed by atoms with Crippen LogP contribution in [0, 0.1) is 0 Å². The number of nitrogens with one attached hydrogen (secondary N) is 1. The molecular formula is C3H12N2O3S. The quantitative estimate of drug-likeness (QED) is 0.585. The van der Waals surface area contributed by atoms with Gasteiger partial charge in [-0.25, -0.2) is 0 Å². The predicted octanol–water partition coefficient (Wildman–Crippen LogP) is 0.693. The van der Waals surface area contributed by atoms with E-state index in [4.69, 9.17) is 10.3 Å². The lowest BCUT2D eigenvalue weighted by Gasteiger charge is -1.96. The summed E-state index contributed by atoms with van der Waals surface area (Å²) in [6, 6.07) is 0. The second-order valence-electron chi connectivity index (χ2n) is 1.39. The largest absolute Gasteiger partial charge is 0.677 e. The molecule has 0 bridgehead atoms. The molecule has 0 heterocycles. The van der Waals surface area contributed by atoms with E-state index in [2.05, 4.69) is 0 Å². The Kier molecular flexibility index (Phi) is 6.04. The van der Waals surface area contributed by atoms with Gasteiger partial charge in [0.2, 0.25) is 0 Å². The molecule has 0 saturated carbocycles. The van der Waals surface area contributed by atoms with Gasteiger partial charge in [0.1, 0.15) is 0 Å². The lowest BCUT2D eigenvalue weighted by Crippen LogP contribution is -2.03. The highest BCUT2D eigenvalue weighted by Gasteiger charge is 1.98. The molecule has 0 radical (unpaired) electrons. The van der Waals surface area contributed by atoms with Crippen LogP contribution < -0.4 is 6.15 Å². The maximum atomic E-state index is 9.86. The van der Waals surface area contributed by atoms with Crippen molar-refractivity contribution in [2.45, 2.75) is 6.42 Å². The first-order chi connectivity index (χ1) is 3.56. The van der Waals surface area contributed by atoms with Gasteiger partial charge in [0, 0.05) is 0 Å². The zero-order chi connectivity index (χ0) is 6.62. The van der Waals surface area contributed by atoms with Gasteiger partial charge in [-0.2, -0.15) is 15.0 Å². The van der Waals surface area contributed by atoms with Gasteiger partial charge in [-0.15, -0.1) is 0 Å². The van der Waals surface area contributed by atoms with Gasteiger partial charge in [-0.1, -0.05) is 6.42 Å². The molecule has 9 heavy (non-hydrogen) atoms. The second kappa shape index (κ2) is 4.68. The Morgan fingerprint density at radius 3 is 2.00 bits per heavy atom. The summed E-state index contributed by atoms with van der Waals surface area (Å²) < 4.78 is 27.8. The number of quaternary nitrogens is 1. The Labute approximate surface area is 54.6 Å². The lowest BCUT2D eigenvalue weighted by atomic mass is 10.5. The van der Waals surface area contributed by atoms with Crippen molar-refractivity contribution in [2.24, 2.45) is 0 Å². The van der Waals surface area contributed by atoms with Crippen LogP contribution >= 0.6 is 0 Å². The van der Waals surface area contributed by atoms with Crippen molar-refractivity contribution in [3.8, 4) is 0 Å². The summed E-state index contributed by atoms with van der Waals surface area (Å²) in [5, 5.41) is 0. The van der Waals surface area contributed by atoms with E-state index in [0.29, 0.717) is 0 Å². The molecule has 0 saturated heterocycles. The van der Waals surface area contributed by atoms with Crippen LogP contribution in [0.25, 0.3) is 5.73 Å². The Balaban J connectivity index is 0. The molecule has 0 spiro atoms. The first-order valence-corrected chi connectivity index (χ1v) is 3.77. The molecule has 0 unspecified atom stereocenters. The minimum Gasteiger partial charge on any atom is -0.677 e. The summed E-state index contributed by atoms with van der Waals surface area (Å²) in [6.07, 6.45) is 0.207. The van der Waals surface area contributed by atoms with Gasteiger partial charge >= 0.3 is 0 Å². The Hall–Kier alpha value is -0.170. The Morgan fingerprint density at radius 1 is 1.44 bits per heavy atom. The van der Waals surface area contributed by atoms with Crippen LogP contribution in [-0.2, 0) is 10.1 Å². The molecule has 0 fully saturated rings. The van der Waals surface area contributed by atoms with Crippen molar-refractivity contribution in [2.75, 3.05) is 12.3 Å². The van der Waals surface area contributed by atoms with E-state index >= 15 is 0 Å². The van der Waals surface area contributed by atoms with E-state index < -0.39 is 10.1 Å². The van der Waals surface area contributed by atoms with Crippen molar-refractivity contribution in [3.05, 3.63) is 5.73 Å². The Morgan fingerprint density at radius 2 is 1.89 bits per heavy atom. The summed E-state index contributed by atoms with van der Waals surface area (Å²) in [7, 11) is -3.81. The van der Waals surface area contributed by atoms with Crippen LogP contribution in [0.3, 0.4) is 0 Å². The molecule has 0 aliphatic heterocycles. The standard InChI is InChI=1S/C3H8NO3S.H3N/c4-2-1-3-8(5,6)7;/h4H,1-3H2,(H,5,6,7);1H3/q-1;/p+1. The van der Waals surface area contributed by atoms with Crippen LogP contribution in [0.5, 0.6) is 0 Å². The fraction of sp³-hybridized carbons (Fsp3) is 1.00. The third kappa shape index (κ3) is 11.4. The molecule has 0 amide bonds. The van der Waals surface area contributed by atoms with Crippen molar-refractivity contribution in [3.63, 3.8) is 0 Å². The maximum Gasteiger partial charge on any atom is 0.264 e. The highest BCUT2D eigenvalue weighted by Crippen LogP contribution is 1.86. The summed E-state index contributed by atoms with van der Waals surface area (Å²) in [4.78, 5) is 0. The highest BCUT2D eigenvalue weighted by atomic mass is 32.2. The van der Waals surface area contributed by atoms with Crippen LogP contribution in [-0.4, -0.2) is 25.3 Å². The van der Waals surface area contributed by atoms with Crippen molar-refractivity contribution in [1.29, 1.82) is 0 Å². The van der Waals surface area contributed by atoms with Gasteiger partial charge in [0.05, 0.1) is 5.75 Å². The fourth-order valence-electron chi connectivity index (χ4n) is 0.255. The van der Waals surface area contributed by atoms with E-state index in [0.717, 1.165) is 0 Å². The van der Waals surface area contributed by atoms with Crippen LogP contribution in [0.15, 0.2) is 0 Å². The molecule has 6 N–H and O–H groups in total. The summed E-state index contributed by atoms with van der Waals surface area (Å²) >= 11 is 0. The van der Waals surface area contributed by atoms with Crippen LogP contribution in [0.1, 0.15) is 6.42 Å². The van der Waals surface area contributed by atoms with Gasteiger partial charge in [0.15, 0.2) is 0 Å². The average molecular weight is 156 g/mol. The molecule has 0 rings (SSSR count). The van der Waals surface area contributed by atoms with Crippen molar-refractivity contribution < 1.29 is 13.0 Å². The average Bonchev–Trinajstić information content (AvgIpc) is 1.59. The summed E-state index contributed by atoms with van der Waals surface area (Å²) in [5.74, 6) is -0.295. The minimum absolute atomic E-state index is 0. The molecule has 0 aromatic heterocycles. The second-order valence-corrected chi connectivity index (χ2v) is 2.96. The Bertz CT molecular complexity index is 141. The SMILES string of the molecule is [NH-]CCCS(=O)(=O)O.[NH4+]. The van der Waals surface area contributed by atoms with Gasteiger partial charge in [-0.05, 0) is 0 Å². The monoisotopic (exact) mass is 156 g/mol. The third-order valence-electron chi connectivity index (χ3n) is 0.579. The summed E-state index contributed by atoms with van der Waals surface area (Å²) in [6.45, 7) is 0.0415. The smallest absolute Gasteiger partial charge is 0.264 e. The fourth-order valence-corrected chi connectivity index (χ4v) is 0.764. The molecular weight excluding hydrogens is 144 g/mol. The zero-order valence-corrected chi connectivity index (χ0v) is 6.11. The van der Waals surface area contributed by atoms with Gasteiger partial charge < -0.3 is 11.9 Å². The van der Waals surface area contributed by atoms with Crippen LogP contribution in [0.2, 0.25) is 0 Å². The topological polar surface area (TPSA) is 115 Å². The van der Waals surface area contributed by atoms with E-state index in [1.807, 2.05) is 0 Å². The number of hydrogen-bond acceptors (Lipinski definition) is 2. The van der Waals surface area contributed by atoms with Crippen molar-refractivity contribution in [1.82, 2.24) is 6.15 Å². The molecule has 6 heteroatoms. The molecule has 5 nitrogen and oxygen atoms in total. The molecule has 0 atom stereocenters.